The quantitative estimate of drug-likeness (QED) is 0.837. The fourth-order valence-electron chi connectivity index (χ4n) is 1.41. The number of benzene rings is 1. The van der Waals surface area contributed by atoms with Gasteiger partial charge in [0.1, 0.15) is 0 Å². The first kappa shape index (κ1) is 11.6. The minimum Gasteiger partial charge on any atom is -0.481 e. The van der Waals surface area contributed by atoms with Crippen LogP contribution in [0, 0.1) is 5.41 Å². The lowest BCUT2D eigenvalue weighted by Crippen LogP contribution is -2.31. The Labute approximate surface area is 99.3 Å². The smallest absolute Gasteiger partial charge is 0.310 e. The Morgan fingerprint density at radius 1 is 1.41 bits per heavy atom. The summed E-state index contributed by atoms with van der Waals surface area (Å²) in [7, 11) is 0. The van der Waals surface area contributed by atoms with Crippen molar-refractivity contribution in [2.24, 2.45) is 5.41 Å². The van der Waals surface area contributed by atoms with Gasteiger partial charge in [0.05, 0.1) is 5.41 Å². The van der Waals surface area contributed by atoms with Gasteiger partial charge in [0, 0.05) is 18.3 Å². The molecule has 0 atom stereocenters. The van der Waals surface area contributed by atoms with E-state index in [0.29, 0.717) is 18.0 Å². The summed E-state index contributed by atoms with van der Waals surface area (Å²) in [5.41, 5.74) is 0.0136. The fraction of sp³-hybridized carbons (Fsp3) is 0.417. The van der Waals surface area contributed by atoms with E-state index in [-0.39, 0.29) is 6.79 Å². The summed E-state index contributed by atoms with van der Waals surface area (Å²) >= 11 is 0. The van der Waals surface area contributed by atoms with Crippen LogP contribution in [-0.4, -0.2) is 24.4 Å². The second kappa shape index (κ2) is 4.16. The molecule has 0 amide bonds. The van der Waals surface area contributed by atoms with Crippen molar-refractivity contribution in [2.75, 3.05) is 18.7 Å². The second-order valence-corrected chi connectivity index (χ2v) is 4.61. The van der Waals surface area contributed by atoms with E-state index in [9.17, 15) is 4.79 Å². The molecule has 0 spiro atoms. The third-order valence-corrected chi connectivity index (χ3v) is 2.69. The molecule has 0 bridgehead atoms. The van der Waals surface area contributed by atoms with Crippen molar-refractivity contribution in [3.63, 3.8) is 0 Å². The van der Waals surface area contributed by atoms with E-state index in [1.807, 2.05) is 6.07 Å². The topological polar surface area (TPSA) is 67.8 Å². The van der Waals surface area contributed by atoms with Gasteiger partial charge in [0.15, 0.2) is 11.5 Å². The molecule has 1 aromatic carbocycles. The molecule has 0 saturated heterocycles. The summed E-state index contributed by atoms with van der Waals surface area (Å²) in [5.74, 6) is 0.571. The normalized spacial score (nSPS) is 13.5. The molecule has 92 valence electrons. The lowest BCUT2D eigenvalue weighted by atomic mass is 9.94. The molecule has 0 unspecified atom stereocenters. The summed E-state index contributed by atoms with van der Waals surface area (Å²) < 4.78 is 10.4. The van der Waals surface area contributed by atoms with Gasteiger partial charge in [0.2, 0.25) is 6.79 Å². The zero-order chi connectivity index (χ0) is 12.5. The zero-order valence-electron chi connectivity index (χ0n) is 9.82. The Bertz CT molecular complexity index is 442. The number of carbonyl (C=O) groups is 1. The Hall–Kier alpha value is -1.91. The van der Waals surface area contributed by atoms with Crippen molar-refractivity contribution in [2.45, 2.75) is 13.8 Å². The maximum absolute atomic E-state index is 10.9. The van der Waals surface area contributed by atoms with E-state index in [1.54, 1.807) is 26.0 Å². The number of anilines is 1. The third-order valence-electron chi connectivity index (χ3n) is 2.69. The van der Waals surface area contributed by atoms with Crippen molar-refractivity contribution >= 4 is 11.7 Å². The highest BCUT2D eigenvalue weighted by Crippen LogP contribution is 2.34. The van der Waals surface area contributed by atoms with Crippen LogP contribution in [0.1, 0.15) is 13.8 Å². The van der Waals surface area contributed by atoms with Gasteiger partial charge in [0.25, 0.3) is 0 Å². The van der Waals surface area contributed by atoms with Crippen LogP contribution in [0.5, 0.6) is 11.5 Å². The molecule has 5 nitrogen and oxygen atoms in total. The van der Waals surface area contributed by atoms with Gasteiger partial charge in [-0.1, -0.05) is 0 Å². The van der Waals surface area contributed by atoms with E-state index in [1.165, 1.54) is 0 Å². The Balaban J connectivity index is 2.03. The molecule has 1 aromatic rings. The van der Waals surface area contributed by atoms with Gasteiger partial charge in [-0.05, 0) is 26.0 Å². The molecule has 17 heavy (non-hydrogen) atoms. The van der Waals surface area contributed by atoms with Crippen LogP contribution in [0.2, 0.25) is 0 Å². The van der Waals surface area contributed by atoms with Crippen molar-refractivity contribution in [3.05, 3.63) is 18.2 Å². The molecule has 1 heterocycles. The fourth-order valence-corrected chi connectivity index (χ4v) is 1.41. The minimum atomic E-state index is -0.828. The average molecular weight is 237 g/mol. The molecular weight excluding hydrogens is 222 g/mol. The highest BCUT2D eigenvalue weighted by atomic mass is 16.7. The molecular formula is C12H15NO4. The summed E-state index contributed by atoms with van der Waals surface area (Å²) in [6.07, 6.45) is 0. The van der Waals surface area contributed by atoms with E-state index in [0.717, 1.165) is 5.69 Å². The molecule has 0 aliphatic carbocycles. The highest BCUT2D eigenvalue weighted by molar-refractivity contribution is 5.74. The Morgan fingerprint density at radius 2 is 2.12 bits per heavy atom. The van der Waals surface area contributed by atoms with Crippen molar-refractivity contribution in [3.8, 4) is 11.5 Å². The molecule has 0 radical (unpaired) electrons. The molecule has 1 aliphatic rings. The number of hydrogen-bond donors (Lipinski definition) is 2. The Morgan fingerprint density at radius 3 is 2.82 bits per heavy atom. The molecule has 0 fully saturated rings. The number of ether oxygens (including phenoxy) is 2. The number of carboxylic acids is 1. The predicted octanol–water partition coefficient (Wildman–Crippen LogP) is 1.94. The number of carboxylic acid groups (broad SMARTS) is 1. The van der Waals surface area contributed by atoms with Gasteiger partial charge in [-0.2, -0.15) is 0 Å². The average Bonchev–Trinajstić information content (AvgIpc) is 2.73. The minimum absolute atomic E-state index is 0.236. The maximum atomic E-state index is 10.9. The first-order valence-corrected chi connectivity index (χ1v) is 5.36. The van der Waals surface area contributed by atoms with Crippen molar-refractivity contribution in [1.29, 1.82) is 0 Å². The van der Waals surface area contributed by atoms with E-state index < -0.39 is 11.4 Å². The van der Waals surface area contributed by atoms with Crippen molar-refractivity contribution in [1.82, 2.24) is 0 Å². The molecule has 0 aromatic heterocycles. The lowest BCUT2D eigenvalue weighted by Gasteiger charge is -2.20. The zero-order valence-corrected chi connectivity index (χ0v) is 9.82. The standard InChI is InChI=1S/C12H15NO4/c1-12(2,11(14)15)6-13-8-3-4-9-10(5-8)17-7-16-9/h3-5,13H,6-7H2,1-2H3,(H,14,15). The number of fused-ring (bicyclic) bond motifs is 1. The third kappa shape index (κ3) is 2.43. The second-order valence-electron chi connectivity index (χ2n) is 4.61. The van der Waals surface area contributed by atoms with Crippen LogP contribution < -0.4 is 14.8 Å². The summed E-state index contributed by atoms with van der Waals surface area (Å²) in [4.78, 5) is 10.9. The van der Waals surface area contributed by atoms with Crippen LogP contribution in [-0.2, 0) is 4.79 Å². The van der Waals surface area contributed by atoms with Crippen LogP contribution in [0.25, 0.3) is 0 Å². The van der Waals surface area contributed by atoms with E-state index >= 15 is 0 Å². The van der Waals surface area contributed by atoms with E-state index in [2.05, 4.69) is 5.32 Å². The molecule has 2 rings (SSSR count). The lowest BCUT2D eigenvalue weighted by molar-refractivity contribution is -0.146. The maximum Gasteiger partial charge on any atom is 0.310 e. The summed E-state index contributed by atoms with van der Waals surface area (Å²) in [5, 5.41) is 12.1. The number of rotatable bonds is 4. The summed E-state index contributed by atoms with van der Waals surface area (Å²) in [6.45, 7) is 3.94. The van der Waals surface area contributed by atoms with Crippen LogP contribution in [0.15, 0.2) is 18.2 Å². The number of nitrogens with one attached hydrogen (secondary N) is 1. The largest absolute Gasteiger partial charge is 0.481 e. The van der Waals surface area contributed by atoms with Gasteiger partial charge >= 0.3 is 5.97 Å². The first-order valence-electron chi connectivity index (χ1n) is 5.36. The van der Waals surface area contributed by atoms with Gasteiger partial charge in [-0.3, -0.25) is 4.79 Å². The molecule has 1 aliphatic heterocycles. The van der Waals surface area contributed by atoms with E-state index in [4.69, 9.17) is 14.6 Å². The van der Waals surface area contributed by atoms with Crippen LogP contribution in [0.3, 0.4) is 0 Å². The molecule has 2 N–H and O–H groups in total. The van der Waals surface area contributed by atoms with Crippen LogP contribution in [0.4, 0.5) is 5.69 Å². The SMILES string of the molecule is CC(C)(CNc1ccc2c(c1)OCO2)C(=O)O. The van der Waals surface area contributed by atoms with Crippen molar-refractivity contribution < 1.29 is 19.4 Å². The van der Waals surface area contributed by atoms with Crippen LogP contribution >= 0.6 is 0 Å². The molecule has 5 heteroatoms. The Kier molecular flexibility index (Phi) is 2.83. The predicted molar refractivity (Wildman–Crippen MR) is 62.5 cm³/mol. The van der Waals surface area contributed by atoms with Gasteiger partial charge in [-0.25, -0.2) is 0 Å². The first-order chi connectivity index (χ1) is 7.99. The molecule has 0 saturated carbocycles. The highest BCUT2D eigenvalue weighted by Gasteiger charge is 2.26. The number of aliphatic carboxylic acids is 1. The number of hydrogen-bond acceptors (Lipinski definition) is 4. The van der Waals surface area contributed by atoms with Gasteiger partial charge < -0.3 is 19.9 Å². The summed E-state index contributed by atoms with van der Waals surface area (Å²) in [6, 6.07) is 5.45. The monoisotopic (exact) mass is 237 g/mol. The van der Waals surface area contributed by atoms with Gasteiger partial charge in [-0.15, -0.1) is 0 Å².